The van der Waals surface area contributed by atoms with Crippen LogP contribution in [0.5, 0.6) is 5.75 Å². The maximum atomic E-state index is 15.2. The summed E-state index contributed by atoms with van der Waals surface area (Å²) in [5, 5.41) is 165. The number of aliphatic hydroxyl groups excluding tert-OH is 13. The number of benzene rings is 4. The van der Waals surface area contributed by atoms with Gasteiger partial charge in [-0.1, -0.05) is 110 Å². The molecule has 6 heterocycles. The number of amides is 6. The fourth-order valence-electron chi connectivity index (χ4n) is 13.1. The van der Waals surface area contributed by atoms with Crippen molar-refractivity contribution in [3.8, 4) is 5.75 Å². The van der Waals surface area contributed by atoms with Crippen molar-refractivity contribution in [1.82, 2.24) is 42.5 Å². The standard InChI is InChI=1S/C68H88N12O25/c1-30(32-11-5-2-6-12-32)45-61(97)74-37(21-31-17-19-35(20-18-31)101-65-56(94)53(91)58(43(28-84)104-65)105-66-55(93)52(90)57(42(27-83)103-66)100-29-36(33-13-7-3-8-14-33)34-15-9-4-10-16-34)60(96)78-46(48(86)38-22-72-67(69)76-38)63(99)79-47(62(98)75-39(25-81)59(95)71-24-44(85)77-45)49(87)40-23-73-68(70)80(40)64-54(92)51(89)50(88)41(26-82)102-64/h2-20,29-30,37-43,45-58,64-66,81-84,86-94H,21-28H2,1H3,(H11,69,70,71,72,73,74,75,76,77,78,79,85,95,96,97,98,99)/p+1/t30-,37-,38+,39?,40+,41+,42+,43-,45-,46+,47-,48-,49-,50+,51+,52-,53+,54+,55+,56-,57+,58+,64-,65-,66+/m1/s1. The zero-order chi connectivity index (χ0) is 75.5. The Kier molecular flexibility index (Phi) is 26.4. The topological polar surface area (TPSA) is 584 Å². The summed E-state index contributed by atoms with van der Waals surface area (Å²) in [6.07, 6.45) is -29.8. The van der Waals surface area contributed by atoms with E-state index >= 15 is 9.59 Å². The van der Waals surface area contributed by atoms with Crippen LogP contribution in [0.4, 0.5) is 0 Å². The minimum Gasteiger partial charge on any atom is -0.492 e. The molecule has 4 saturated heterocycles. The molecule has 4 aromatic rings. The van der Waals surface area contributed by atoms with Crippen molar-refractivity contribution < 1.29 is 128 Å². The summed E-state index contributed by atoms with van der Waals surface area (Å²) in [4.78, 5) is 91.9. The molecule has 0 aromatic heterocycles. The lowest BCUT2D eigenvalue weighted by molar-refractivity contribution is -0.663. The molecule has 37 nitrogen and oxygen atoms in total. The number of nitrogens with zero attached hydrogens (tertiary/aromatic N) is 2. The van der Waals surface area contributed by atoms with E-state index in [1.54, 1.807) is 37.3 Å². The van der Waals surface area contributed by atoms with Crippen LogP contribution in [-0.2, 0) is 58.9 Å². The highest BCUT2D eigenvalue weighted by Crippen LogP contribution is 2.34. The van der Waals surface area contributed by atoms with Crippen molar-refractivity contribution in [3.63, 3.8) is 0 Å². The number of rotatable bonds is 21. The maximum absolute atomic E-state index is 15.2. The molecular formula is C68H89N12O25+. The molecule has 0 aliphatic carbocycles. The molecule has 6 aliphatic rings. The summed E-state index contributed by atoms with van der Waals surface area (Å²) in [6.45, 7) is -3.71. The first kappa shape index (κ1) is 78.5. The van der Waals surface area contributed by atoms with Gasteiger partial charge in [-0.3, -0.25) is 39.8 Å². The monoisotopic (exact) mass is 1470 g/mol. The quantitative estimate of drug-likeness (QED) is 0.0272. The molecule has 25 atom stereocenters. The van der Waals surface area contributed by atoms with E-state index < -0.39 is 234 Å². The van der Waals surface area contributed by atoms with Gasteiger partial charge in [0.25, 0.3) is 0 Å². The molecule has 6 amide bonds. The molecule has 0 saturated carbocycles. The lowest BCUT2D eigenvalue weighted by Crippen LogP contribution is -2.68. The maximum Gasteiger partial charge on any atom is 0.346 e. The van der Waals surface area contributed by atoms with Crippen LogP contribution in [-0.4, -0.2) is 311 Å². The average molecular weight is 1470 g/mol. The minimum atomic E-state index is -2.34. The fourth-order valence-corrected chi connectivity index (χ4v) is 13.1. The van der Waals surface area contributed by atoms with Crippen LogP contribution in [0.2, 0.25) is 0 Å². The number of guanidine groups is 2. The Morgan fingerprint density at radius 2 is 1.10 bits per heavy atom. The summed E-state index contributed by atoms with van der Waals surface area (Å²) in [5.41, 5.74) is 15.0. The zero-order valence-corrected chi connectivity index (χ0v) is 56.4. The number of hydrogen-bond donors (Lipinski definition) is 23. The van der Waals surface area contributed by atoms with E-state index in [0.29, 0.717) is 11.1 Å². The van der Waals surface area contributed by atoms with Gasteiger partial charge in [-0.2, -0.15) is 0 Å². The normalized spacial score (nSPS) is 33.9. The number of nitrogens with two attached hydrogens (primary N) is 2. The van der Waals surface area contributed by atoms with Crippen molar-refractivity contribution in [3.05, 3.63) is 144 Å². The van der Waals surface area contributed by atoms with Crippen LogP contribution in [0, 0.1) is 0 Å². The minimum absolute atomic E-state index is 0.0697. The first-order valence-electron chi connectivity index (χ1n) is 33.8. The lowest BCUT2D eigenvalue weighted by Gasteiger charge is -2.46. The van der Waals surface area contributed by atoms with Crippen LogP contribution in [0.1, 0.15) is 35.1 Å². The van der Waals surface area contributed by atoms with E-state index in [9.17, 15) is 85.6 Å². The Bertz CT molecular complexity index is 3680. The average Bonchev–Trinajstić information content (AvgIpc) is 1.71. The summed E-state index contributed by atoms with van der Waals surface area (Å²) in [6, 6.07) is 19.2. The van der Waals surface area contributed by atoms with E-state index in [0.717, 1.165) is 15.7 Å². The van der Waals surface area contributed by atoms with Crippen molar-refractivity contribution in [2.24, 2.45) is 16.5 Å². The number of aliphatic imine (C=N–C) groups is 1. The second-order valence-corrected chi connectivity index (χ2v) is 26.0. The van der Waals surface area contributed by atoms with Crippen LogP contribution < -0.4 is 58.7 Å². The van der Waals surface area contributed by atoms with Gasteiger partial charge in [0.1, 0.15) is 128 Å². The number of carbonyl (C=O) groups excluding carboxylic acids is 6. The van der Waals surface area contributed by atoms with E-state index in [1.165, 1.54) is 30.5 Å². The fraction of sp³-hybridized carbons (Fsp3) is 0.500. The molecular weight excluding hydrogens is 1380 g/mol. The van der Waals surface area contributed by atoms with Gasteiger partial charge in [-0.15, -0.1) is 0 Å². The number of ether oxygens (including phenoxy) is 6. The molecule has 1 unspecified atom stereocenters. The summed E-state index contributed by atoms with van der Waals surface area (Å²) >= 11 is 0. The van der Waals surface area contributed by atoms with Gasteiger partial charge in [0, 0.05) is 24.5 Å². The summed E-state index contributed by atoms with van der Waals surface area (Å²) < 4.78 is 36.4. The first-order chi connectivity index (χ1) is 50.3. The predicted octanol–water partition coefficient (Wildman–Crippen LogP) is -10.2. The Hall–Kier alpha value is -9.10. The molecule has 4 aromatic carbocycles. The molecule has 570 valence electrons. The highest BCUT2D eigenvalue weighted by atomic mass is 16.7. The van der Waals surface area contributed by atoms with Crippen molar-refractivity contribution in [1.29, 1.82) is 0 Å². The molecule has 6 aliphatic heterocycles. The Labute approximate surface area is 599 Å². The third-order valence-corrected chi connectivity index (χ3v) is 19.1. The Balaban J connectivity index is 0.902. The molecule has 25 N–H and O–H groups in total. The van der Waals surface area contributed by atoms with E-state index in [-0.39, 0.29) is 29.8 Å². The van der Waals surface area contributed by atoms with Crippen LogP contribution in [0.15, 0.2) is 127 Å². The molecule has 0 radical (unpaired) electrons. The van der Waals surface area contributed by atoms with Gasteiger partial charge < -0.3 is 138 Å². The van der Waals surface area contributed by atoms with E-state index in [2.05, 4.69) is 47.5 Å². The van der Waals surface area contributed by atoms with Gasteiger partial charge in [0.15, 0.2) is 18.4 Å². The molecule has 0 spiro atoms. The lowest BCUT2D eigenvalue weighted by atomic mass is 9.92. The highest BCUT2D eigenvalue weighted by Gasteiger charge is 2.55. The first-order valence-corrected chi connectivity index (χ1v) is 33.8. The molecule has 0 bridgehead atoms. The molecule has 105 heavy (non-hydrogen) atoms. The van der Waals surface area contributed by atoms with E-state index in [1.807, 2.05) is 60.7 Å². The van der Waals surface area contributed by atoms with Crippen molar-refractivity contribution in [2.75, 3.05) is 46.1 Å². The summed E-state index contributed by atoms with van der Waals surface area (Å²) in [5.74, 6) is -8.85. The molecule has 37 heteroatoms. The third-order valence-electron chi connectivity index (χ3n) is 19.1. The second kappa shape index (κ2) is 35.3. The number of carbonyl (C=O) groups is 6. The third kappa shape index (κ3) is 18.1. The molecule has 10 rings (SSSR count). The smallest absolute Gasteiger partial charge is 0.346 e. The molecule has 4 fully saturated rings. The Morgan fingerprint density at radius 1 is 0.552 bits per heavy atom. The highest BCUT2D eigenvalue weighted by molar-refractivity contribution is 5.98. The number of aliphatic hydroxyl groups is 13. The predicted molar refractivity (Wildman–Crippen MR) is 361 cm³/mol. The van der Waals surface area contributed by atoms with Gasteiger partial charge in [-0.25, -0.2) is 9.57 Å². The zero-order valence-electron chi connectivity index (χ0n) is 56.4. The van der Waals surface area contributed by atoms with E-state index in [4.69, 9.17) is 39.9 Å². The van der Waals surface area contributed by atoms with Crippen LogP contribution in [0.3, 0.4) is 0 Å². The van der Waals surface area contributed by atoms with Crippen LogP contribution in [0.25, 0.3) is 5.57 Å². The Morgan fingerprint density at radius 3 is 1.71 bits per heavy atom. The van der Waals surface area contributed by atoms with Crippen LogP contribution >= 0.6 is 0 Å². The van der Waals surface area contributed by atoms with Gasteiger partial charge >= 0.3 is 5.96 Å². The van der Waals surface area contributed by atoms with Crippen molar-refractivity contribution >= 4 is 52.9 Å². The number of nitrogens with one attached hydrogen (secondary N) is 8. The van der Waals surface area contributed by atoms with Gasteiger partial charge in [0.05, 0.1) is 45.3 Å². The largest absolute Gasteiger partial charge is 0.492 e. The number of hydrogen-bond acceptors (Lipinski definition) is 30. The summed E-state index contributed by atoms with van der Waals surface area (Å²) in [7, 11) is 0. The van der Waals surface area contributed by atoms with Gasteiger partial charge in [0.2, 0.25) is 48.0 Å². The van der Waals surface area contributed by atoms with Crippen molar-refractivity contribution in [2.45, 2.75) is 166 Å². The SMILES string of the molecule is C[C@H](c1ccccc1)[C@H]1NC(=O)CNC(=O)C(CO)NC(=O)[C@@H]([C@H](O)[C@@H]2CNC(N)=[N+]2[C@@H]2O[C@@H](CO)[C@H](O)[C@H](O)[C@@H]2O)NC(=O)[C@H]([C@H](O)[C@@H]2CNC(N)=N2)NC(=O)[C@@H](Cc2ccc(O[C@@H]3O[C@H](CO)[C@H](O[C@@H]4O[C@@H](CO)[C@H](OC=C(c5ccccc5)c5ccccc5)[C@H](O)[C@@H]4O)[C@@H](O)[C@H]3O)cc2)NC1=O. The van der Waals surface area contributed by atoms with Gasteiger partial charge in [-0.05, 0) is 34.4 Å². The second-order valence-electron chi connectivity index (χ2n) is 26.0.